The highest BCUT2D eigenvalue weighted by molar-refractivity contribution is 5.80. The van der Waals surface area contributed by atoms with Gasteiger partial charge in [0.2, 0.25) is 0 Å². The summed E-state index contributed by atoms with van der Waals surface area (Å²) in [5.74, 6) is 0.272. The fourth-order valence-corrected chi connectivity index (χ4v) is 5.01. The minimum atomic E-state index is -0.514. The first-order valence-electron chi connectivity index (χ1n) is 12.7. The minimum absolute atomic E-state index is 0.272. The second-order valence-electron chi connectivity index (χ2n) is 10.7. The van der Waals surface area contributed by atoms with Crippen molar-refractivity contribution in [2.75, 3.05) is 18.0 Å². The van der Waals surface area contributed by atoms with Gasteiger partial charge in [-0.1, -0.05) is 12.8 Å². The SMILES string of the molecule is Cc1cnn(-c2ccc(N3CCC[C@H](N[C@@H]4CCCCC4C=NC(=O)OC(C)(C)C)C3)cc2)c1. The van der Waals surface area contributed by atoms with Gasteiger partial charge in [-0.05, 0) is 83.2 Å². The number of rotatable bonds is 5. The summed E-state index contributed by atoms with van der Waals surface area (Å²) in [7, 11) is 0. The predicted octanol–water partition coefficient (Wildman–Crippen LogP) is 5.30. The zero-order chi connectivity index (χ0) is 24.1. The Balaban J connectivity index is 1.35. The summed E-state index contributed by atoms with van der Waals surface area (Å²) in [4.78, 5) is 18.7. The summed E-state index contributed by atoms with van der Waals surface area (Å²) < 4.78 is 7.26. The normalized spacial score (nSPS) is 23.9. The van der Waals surface area contributed by atoms with Crippen molar-refractivity contribution in [2.45, 2.75) is 83.9 Å². The maximum Gasteiger partial charge on any atom is 0.433 e. The first kappa shape index (κ1) is 24.5. The van der Waals surface area contributed by atoms with Crippen molar-refractivity contribution in [1.29, 1.82) is 0 Å². The topological polar surface area (TPSA) is 71.8 Å². The molecule has 2 aromatic rings. The maximum atomic E-state index is 12.1. The fraction of sp³-hybridized carbons (Fsp3) is 0.593. The molecule has 7 nitrogen and oxygen atoms in total. The van der Waals surface area contributed by atoms with E-state index in [2.05, 4.69) is 51.5 Å². The minimum Gasteiger partial charge on any atom is -0.442 e. The van der Waals surface area contributed by atoms with Crippen LogP contribution in [-0.2, 0) is 4.74 Å². The summed E-state index contributed by atoms with van der Waals surface area (Å²) in [6.07, 6.45) is 12.2. The van der Waals surface area contributed by atoms with E-state index in [1.165, 1.54) is 31.4 Å². The van der Waals surface area contributed by atoms with Crippen molar-refractivity contribution in [3.05, 3.63) is 42.2 Å². The van der Waals surface area contributed by atoms with Crippen LogP contribution in [0.3, 0.4) is 0 Å². The molecule has 1 aromatic heterocycles. The van der Waals surface area contributed by atoms with E-state index in [9.17, 15) is 4.79 Å². The third-order valence-corrected chi connectivity index (χ3v) is 6.65. The molecule has 1 N–H and O–H groups in total. The average Bonchev–Trinajstić information content (AvgIpc) is 3.24. The van der Waals surface area contributed by atoms with Gasteiger partial charge < -0.3 is 15.0 Å². The van der Waals surface area contributed by atoms with Crippen LogP contribution < -0.4 is 10.2 Å². The Bertz CT molecular complexity index is 976. The van der Waals surface area contributed by atoms with Crippen LogP contribution in [0.1, 0.15) is 64.9 Å². The number of carbonyl (C=O) groups is 1. The standard InChI is InChI=1S/C27H39N5O2/c1-20-16-29-32(18-20)24-13-11-23(12-14-24)31-15-7-9-22(19-31)30-25-10-6-5-8-21(25)17-28-26(33)34-27(2,3)4/h11-14,16-18,21-22,25,30H,5-10,15,19H2,1-4H3/t21?,22-,25+/m0/s1. The van der Waals surface area contributed by atoms with Gasteiger partial charge in [0.25, 0.3) is 0 Å². The van der Waals surface area contributed by atoms with E-state index in [-0.39, 0.29) is 5.92 Å². The number of piperidine rings is 1. The number of hydrogen-bond donors (Lipinski definition) is 1. The molecular weight excluding hydrogens is 426 g/mol. The average molecular weight is 466 g/mol. The number of nitrogens with zero attached hydrogens (tertiary/aromatic N) is 4. The quantitative estimate of drug-likeness (QED) is 0.607. The molecule has 1 aliphatic carbocycles. The molecule has 1 unspecified atom stereocenters. The molecule has 0 radical (unpaired) electrons. The van der Waals surface area contributed by atoms with E-state index in [0.29, 0.717) is 12.1 Å². The van der Waals surface area contributed by atoms with E-state index in [1.54, 1.807) is 0 Å². The van der Waals surface area contributed by atoms with Gasteiger partial charge in [0.15, 0.2) is 0 Å². The Morgan fingerprint density at radius 1 is 1.12 bits per heavy atom. The van der Waals surface area contributed by atoms with Crippen LogP contribution in [0, 0.1) is 12.8 Å². The van der Waals surface area contributed by atoms with Crippen LogP contribution in [0.4, 0.5) is 10.5 Å². The monoisotopic (exact) mass is 465 g/mol. The van der Waals surface area contributed by atoms with E-state index in [1.807, 2.05) is 44.1 Å². The number of ether oxygens (including phenoxy) is 1. The molecule has 2 aliphatic rings. The number of benzene rings is 1. The van der Waals surface area contributed by atoms with Crippen LogP contribution in [-0.4, -0.2) is 52.9 Å². The van der Waals surface area contributed by atoms with Gasteiger partial charge in [-0.15, -0.1) is 0 Å². The molecule has 7 heteroatoms. The van der Waals surface area contributed by atoms with Crippen molar-refractivity contribution >= 4 is 18.0 Å². The van der Waals surface area contributed by atoms with Gasteiger partial charge in [-0.2, -0.15) is 10.1 Å². The lowest BCUT2D eigenvalue weighted by molar-refractivity contribution is 0.0604. The zero-order valence-corrected chi connectivity index (χ0v) is 21.0. The lowest BCUT2D eigenvalue weighted by atomic mass is 9.84. The first-order chi connectivity index (χ1) is 16.3. The van der Waals surface area contributed by atoms with E-state index >= 15 is 0 Å². The second kappa shape index (κ2) is 10.7. The highest BCUT2D eigenvalue weighted by atomic mass is 16.6. The highest BCUT2D eigenvalue weighted by Crippen LogP contribution is 2.26. The van der Waals surface area contributed by atoms with Crippen molar-refractivity contribution in [3.8, 4) is 5.69 Å². The lowest BCUT2D eigenvalue weighted by Crippen LogP contribution is -2.52. The summed E-state index contributed by atoms with van der Waals surface area (Å²) in [5, 5.41) is 8.33. The van der Waals surface area contributed by atoms with Crippen molar-refractivity contribution < 1.29 is 9.53 Å². The molecule has 4 rings (SSSR count). The van der Waals surface area contributed by atoms with Crippen LogP contribution in [0.2, 0.25) is 0 Å². The van der Waals surface area contributed by atoms with Crippen molar-refractivity contribution in [2.24, 2.45) is 10.9 Å². The smallest absolute Gasteiger partial charge is 0.433 e. The number of anilines is 1. The maximum absolute atomic E-state index is 12.1. The highest BCUT2D eigenvalue weighted by Gasteiger charge is 2.29. The summed E-state index contributed by atoms with van der Waals surface area (Å²) in [5.41, 5.74) is 2.98. The predicted molar refractivity (Wildman–Crippen MR) is 137 cm³/mol. The molecule has 34 heavy (non-hydrogen) atoms. The van der Waals surface area contributed by atoms with Gasteiger partial charge >= 0.3 is 6.09 Å². The first-order valence-corrected chi connectivity index (χ1v) is 12.7. The third kappa shape index (κ3) is 6.69. The number of nitrogens with one attached hydrogen (secondary N) is 1. The Hall–Kier alpha value is -2.67. The van der Waals surface area contributed by atoms with Gasteiger partial charge in [-0.3, -0.25) is 0 Å². The zero-order valence-electron chi connectivity index (χ0n) is 21.0. The number of aliphatic imine (C=N–C) groups is 1. The Morgan fingerprint density at radius 3 is 2.56 bits per heavy atom. The second-order valence-corrected chi connectivity index (χ2v) is 10.7. The van der Waals surface area contributed by atoms with E-state index in [4.69, 9.17) is 4.74 Å². The summed E-state index contributed by atoms with van der Waals surface area (Å²) >= 11 is 0. The Morgan fingerprint density at radius 2 is 1.85 bits per heavy atom. The van der Waals surface area contributed by atoms with E-state index in [0.717, 1.165) is 37.2 Å². The molecule has 2 fully saturated rings. The van der Waals surface area contributed by atoms with Crippen molar-refractivity contribution in [3.63, 3.8) is 0 Å². The largest absolute Gasteiger partial charge is 0.442 e. The van der Waals surface area contributed by atoms with Crippen LogP contribution in [0.15, 0.2) is 41.7 Å². The molecule has 3 atom stereocenters. The molecule has 2 heterocycles. The Kier molecular flexibility index (Phi) is 7.71. The van der Waals surface area contributed by atoms with E-state index < -0.39 is 11.7 Å². The van der Waals surface area contributed by atoms with Crippen molar-refractivity contribution in [1.82, 2.24) is 15.1 Å². The summed E-state index contributed by atoms with van der Waals surface area (Å²) in [6, 6.07) is 9.47. The number of aromatic nitrogens is 2. The number of amides is 1. The molecule has 1 aromatic carbocycles. The fourth-order valence-electron chi connectivity index (χ4n) is 5.01. The lowest BCUT2D eigenvalue weighted by Gasteiger charge is -2.39. The molecule has 1 amide bonds. The van der Waals surface area contributed by atoms with Crippen LogP contribution in [0.5, 0.6) is 0 Å². The van der Waals surface area contributed by atoms with Crippen LogP contribution in [0.25, 0.3) is 5.69 Å². The summed E-state index contributed by atoms with van der Waals surface area (Å²) in [6.45, 7) is 9.72. The van der Waals surface area contributed by atoms with Gasteiger partial charge in [0.1, 0.15) is 5.60 Å². The van der Waals surface area contributed by atoms with Gasteiger partial charge in [-0.25, -0.2) is 9.48 Å². The van der Waals surface area contributed by atoms with Crippen LogP contribution >= 0.6 is 0 Å². The van der Waals surface area contributed by atoms with Gasteiger partial charge in [0.05, 0.1) is 11.9 Å². The Labute approximate surface area is 203 Å². The number of aryl methyl sites for hydroxylation is 1. The molecular formula is C27H39N5O2. The third-order valence-electron chi connectivity index (χ3n) is 6.65. The number of hydrogen-bond acceptors (Lipinski definition) is 5. The van der Waals surface area contributed by atoms with Gasteiger partial charge in [0, 0.05) is 49.2 Å². The molecule has 1 saturated carbocycles. The molecule has 0 spiro atoms. The molecule has 1 aliphatic heterocycles. The molecule has 184 valence electrons. The molecule has 0 bridgehead atoms. The molecule has 1 saturated heterocycles. The number of carbonyl (C=O) groups excluding carboxylic acids is 1.